The van der Waals surface area contributed by atoms with E-state index in [-0.39, 0.29) is 0 Å². The Bertz CT molecular complexity index is 3420. The molecule has 4 heterocycles. The minimum absolute atomic E-state index is 0.615. The average molecular weight is 741 g/mol. The molecule has 0 atom stereocenters. The molecule has 12 rings (SSSR count). The molecule has 6 nitrogen and oxygen atoms in total. The first-order chi connectivity index (χ1) is 28.8. The number of fused-ring (bicyclic) bond motifs is 3. The molecule has 0 aliphatic rings. The Balaban J connectivity index is 1.18. The fourth-order valence-electron chi connectivity index (χ4n) is 8.71. The smallest absolute Gasteiger partial charge is 0.164 e. The van der Waals surface area contributed by atoms with Gasteiger partial charge in [-0.2, -0.15) is 0 Å². The van der Waals surface area contributed by atoms with Gasteiger partial charge in [0.2, 0.25) is 0 Å². The summed E-state index contributed by atoms with van der Waals surface area (Å²) >= 11 is 0. The molecule has 0 aliphatic heterocycles. The minimum atomic E-state index is 0.615. The maximum absolute atomic E-state index is 5.34. The largest absolute Gasteiger partial charge is 0.309 e. The van der Waals surface area contributed by atoms with E-state index in [1.54, 1.807) is 0 Å². The quantitative estimate of drug-likeness (QED) is 0.170. The fraction of sp³-hybridized carbons (Fsp3) is 0. The van der Waals surface area contributed by atoms with E-state index in [2.05, 4.69) is 142 Å². The number of rotatable bonds is 6. The van der Waals surface area contributed by atoms with Gasteiger partial charge in [0.05, 0.1) is 27.6 Å². The highest BCUT2D eigenvalue weighted by Gasteiger charge is 2.25. The summed E-state index contributed by atoms with van der Waals surface area (Å²) in [5.74, 6) is 2.81. The standard InChI is InChI=1S/C52H32N6/c1-5-16-33(17-6-1)38-31-41-40-26-13-14-27-43(40)58-48-42(53-52(58)36-22-11-4-12-23-36)28-29-44-47(48)46(41)45(32-38)57(44)39-25-15-24-37(30-39)51-55-49(34-18-7-2-8-19-34)54-50(56-51)35-20-9-3-10-21-35/h1-32H. The number of nitrogens with zero attached hydrogens (tertiary/aromatic N) is 6. The summed E-state index contributed by atoms with van der Waals surface area (Å²) in [6.07, 6.45) is 0. The van der Waals surface area contributed by atoms with Crippen LogP contribution in [0.4, 0.5) is 0 Å². The van der Waals surface area contributed by atoms with E-state index in [0.717, 1.165) is 77.9 Å². The van der Waals surface area contributed by atoms with Crippen molar-refractivity contribution in [1.29, 1.82) is 0 Å². The van der Waals surface area contributed by atoms with Crippen LogP contribution in [-0.2, 0) is 0 Å². The maximum atomic E-state index is 5.34. The van der Waals surface area contributed by atoms with Gasteiger partial charge in [-0.15, -0.1) is 0 Å². The first-order valence-electron chi connectivity index (χ1n) is 19.5. The predicted molar refractivity (Wildman–Crippen MR) is 236 cm³/mol. The second kappa shape index (κ2) is 12.8. The van der Waals surface area contributed by atoms with Gasteiger partial charge in [0.15, 0.2) is 17.5 Å². The number of hydrogen-bond donors (Lipinski definition) is 0. The zero-order valence-corrected chi connectivity index (χ0v) is 31.2. The highest BCUT2D eigenvalue weighted by atomic mass is 15.1. The van der Waals surface area contributed by atoms with Crippen LogP contribution in [0.25, 0.3) is 111 Å². The second-order valence-corrected chi connectivity index (χ2v) is 14.7. The van der Waals surface area contributed by atoms with Gasteiger partial charge >= 0.3 is 0 Å². The lowest BCUT2D eigenvalue weighted by atomic mass is 9.98. The van der Waals surface area contributed by atoms with Crippen molar-refractivity contribution in [3.05, 3.63) is 194 Å². The Morgan fingerprint density at radius 2 is 0.897 bits per heavy atom. The summed E-state index contributed by atoms with van der Waals surface area (Å²) in [5.41, 5.74) is 12.6. The number of aromatic nitrogens is 6. The molecule has 0 fully saturated rings. The molecule has 0 saturated heterocycles. The van der Waals surface area contributed by atoms with Crippen LogP contribution in [0.1, 0.15) is 0 Å². The van der Waals surface area contributed by atoms with Gasteiger partial charge in [0, 0.05) is 44.1 Å². The summed E-state index contributed by atoms with van der Waals surface area (Å²) in [5, 5.41) is 4.74. The molecule has 0 aliphatic carbocycles. The van der Waals surface area contributed by atoms with Gasteiger partial charge in [-0.05, 0) is 59.0 Å². The van der Waals surface area contributed by atoms with Crippen LogP contribution in [0.2, 0.25) is 0 Å². The highest BCUT2D eigenvalue weighted by molar-refractivity contribution is 6.30. The van der Waals surface area contributed by atoms with Gasteiger partial charge in [-0.3, -0.25) is 4.40 Å². The van der Waals surface area contributed by atoms with Gasteiger partial charge in [-0.25, -0.2) is 19.9 Å². The molecule has 0 amide bonds. The van der Waals surface area contributed by atoms with Crippen LogP contribution in [-0.4, -0.2) is 28.9 Å². The van der Waals surface area contributed by atoms with Crippen molar-refractivity contribution in [1.82, 2.24) is 28.9 Å². The van der Waals surface area contributed by atoms with E-state index in [0.29, 0.717) is 17.5 Å². The lowest BCUT2D eigenvalue weighted by Gasteiger charge is -2.13. The monoisotopic (exact) mass is 740 g/mol. The van der Waals surface area contributed by atoms with Crippen molar-refractivity contribution in [2.45, 2.75) is 0 Å². The van der Waals surface area contributed by atoms with Crippen molar-refractivity contribution >= 4 is 49.1 Å². The second-order valence-electron chi connectivity index (χ2n) is 14.7. The third-order valence-electron chi connectivity index (χ3n) is 11.3. The molecule has 0 radical (unpaired) electrons. The van der Waals surface area contributed by atoms with Crippen LogP contribution in [0.5, 0.6) is 0 Å². The Labute approximate surface area is 333 Å². The summed E-state index contributed by atoms with van der Waals surface area (Å²) < 4.78 is 4.79. The van der Waals surface area contributed by atoms with Crippen LogP contribution >= 0.6 is 0 Å². The summed E-state index contributed by atoms with van der Waals surface area (Å²) in [7, 11) is 0. The highest BCUT2D eigenvalue weighted by Crippen LogP contribution is 2.45. The van der Waals surface area contributed by atoms with Crippen molar-refractivity contribution in [3.63, 3.8) is 0 Å². The predicted octanol–water partition coefficient (Wildman–Crippen LogP) is 12.7. The topological polar surface area (TPSA) is 60.9 Å². The maximum Gasteiger partial charge on any atom is 0.164 e. The molecular formula is C52H32N6. The molecule has 58 heavy (non-hydrogen) atoms. The molecule has 0 spiro atoms. The fourth-order valence-corrected chi connectivity index (χ4v) is 8.71. The average Bonchev–Trinajstić information content (AvgIpc) is 3.82. The number of hydrogen-bond acceptors (Lipinski definition) is 4. The first-order valence-corrected chi connectivity index (χ1v) is 19.5. The van der Waals surface area contributed by atoms with E-state index in [1.807, 2.05) is 60.7 Å². The molecule has 270 valence electrons. The number of benzene rings is 8. The minimum Gasteiger partial charge on any atom is -0.309 e. The van der Waals surface area contributed by atoms with E-state index in [4.69, 9.17) is 19.9 Å². The Morgan fingerprint density at radius 3 is 1.57 bits per heavy atom. The molecule has 4 aromatic heterocycles. The Kier molecular flexibility index (Phi) is 7.13. The van der Waals surface area contributed by atoms with Gasteiger partial charge in [-0.1, -0.05) is 152 Å². The van der Waals surface area contributed by atoms with Crippen molar-refractivity contribution < 1.29 is 0 Å². The van der Waals surface area contributed by atoms with Crippen molar-refractivity contribution in [2.75, 3.05) is 0 Å². The van der Waals surface area contributed by atoms with Crippen LogP contribution in [0.3, 0.4) is 0 Å². The number of para-hydroxylation sites is 1. The van der Waals surface area contributed by atoms with Gasteiger partial charge in [0.1, 0.15) is 5.82 Å². The molecule has 0 N–H and O–H groups in total. The van der Waals surface area contributed by atoms with Gasteiger partial charge in [0.25, 0.3) is 0 Å². The molecule has 0 unspecified atom stereocenters. The van der Waals surface area contributed by atoms with Crippen LogP contribution < -0.4 is 0 Å². The normalized spacial score (nSPS) is 11.8. The van der Waals surface area contributed by atoms with Crippen LogP contribution in [0.15, 0.2) is 194 Å². The lowest BCUT2D eigenvalue weighted by molar-refractivity contribution is 1.07. The van der Waals surface area contributed by atoms with E-state index in [9.17, 15) is 0 Å². The molecule has 12 aromatic rings. The molecular weight excluding hydrogens is 709 g/mol. The summed E-state index contributed by atoms with van der Waals surface area (Å²) in [6, 6.07) is 67.9. The number of imidazole rings is 1. The van der Waals surface area contributed by atoms with Gasteiger partial charge < -0.3 is 4.57 Å². The third kappa shape index (κ3) is 4.98. The Hall–Kier alpha value is -7.96. The first kappa shape index (κ1) is 32.3. The Morgan fingerprint density at radius 1 is 0.328 bits per heavy atom. The van der Waals surface area contributed by atoms with Crippen molar-refractivity contribution in [3.8, 4) is 62.4 Å². The van der Waals surface area contributed by atoms with E-state index < -0.39 is 0 Å². The zero-order chi connectivity index (χ0) is 38.2. The summed E-state index contributed by atoms with van der Waals surface area (Å²) in [6.45, 7) is 0. The van der Waals surface area contributed by atoms with Crippen LogP contribution in [0, 0.1) is 0 Å². The zero-order valence-electron chi connectivity index (χ0n) is 31.2. The van der Waals surface area contributed by atoms with E-state index >= 15 is 0 Å². The third-order valence-corrected chi connectivity index (χ3v) is 11.3. The molecule has 0 bridgehead atoms. The summed E-state index contributed by atoms with van der Waals surface area (Å²) in [4.78, 5) is 20.5. The molecule has 6 heteroatoms. The molecule has 0 saturated carbocycles. The SMILES string of the molecule is c1ccc(-c2cc3c4ccccc4n4c(-c5ccccc5)nc5ccc6c(c3c(c2)n6-c2cccc(-c3nc(-c6ccccc6)nc(-c6ccccc6)n3)c2)c54)cc1. The van der Waals surface area contributed by atoms with E-state index in [1.165, 1.54) is 16.2 Å². The lowest BCUT2D eigenvalue weighted by Crippen LogP contribution is -2.01. The molecule has 8 aromatic carbocycles. The van der Waals surface area contributed by atoms with Crippen molar-refractivity contribution in [2.24, 2.45) is 0 Å².